The number of carboxylic acids is 2. The average Bonchev–Trinajstić information content (AvgIpc) is 2.31. The van der Waals surface area contributed by atoms with Crippen LogP contribution in [0.4, 0.5) is 0 Å². The molecule has 0 heterocycles. The second-order valence-corrected chi connectivity index (χ2v) is 2.88. The maximum absolute atomic E-state index is 9.80. The van der Waals surface area contributed by atoms with Crippen LogP contribution in [0.25, 0.3) is 0 Å². The minimum absolute atomic E-state index is 0. The summed E-state index contributed by atoms with van der Waals surface area (Å²) in [5.74, 6) is -1.91. The van der Waals surface area contributed by atoms with E-state index in [9.17, 15) is 9.59 Å². The van der Waals surface area contributed by atoms with Crippen LogP contribution in [0.15, 0.2) is 0 Å². The fourth-order valence-electron chi connectivity index (χ4n) is 0.603. The molecule has 0 atom stereocenters. The van der Waals surface area contributed by atoms with E-state index in [0.717, 1.165) is 0 Å². The molecule has 1 radical (unpaired) electrons. The van der Waals surface area contributed by atoms with Gasteiger partial charge in [0.05, 0.1) is 26.4 Å². The molecule has 19 heavy (non-hydrogen) atoms. The Morgan fingerprint density at radius 1 is 0.789 bits per heavy atom. The van der Waals surface area contributed by atoms with Gasteiger partial charge >= 0.3 is 11.9 Å². The van der Waals surface area contributed by atoms with Gasteiger partial charge in [0, 0.05) is 31.0 Å². The second kappa shape index (κ2) is 19.6. The summed E-state index contributed by atoms with van der Waals surface area (Å²) in [6.45, 7) is 1.05. The fraction of sp³-hybridized carbons (Fsp3) is 0.800. The largest absolute Gasteiger partial charge is 0.480 e. The first-order valence-corrected chi connectivity index (χ1v) is 5.11. The normalized spacial score (nSPS) is 8.95. The summed E-state index contributed by atoms with van der Waals surface area (Å²) in [6, 6.07) is 0. The molecule has 0 amide bonds. The first-order valence-electron chi connectivity index (χ1n) is 5.11. The Bertz CT molecular complexity index is 190. The van der Waals surface area contributed by atoms with Crippen LogP contribution in [-0.2, 0) is 45.3 Å². The Hall–Kier alpha value is -0.714. The van der Waals surface area contributed by atoms with Gasteiger partial charge in [-0.15, -0.1) is 0 Å². The molecule has 117 valence electrons. The van der Waals surface area contributed by atoms with Crippen molar-refractivity contribution in [2.75, 3.05) is 53.9 Å². The molecule has 2 N–H and O–H groups in total. The van der Waals surface area contributed by atoms with Crippen molar-refractivity contribution < 1.29 is 55.5 Å². The third-order valence-corrected chi connectivity index (χ3v) is 1.31. The van der Waals surface area contributed by atoms with Crippen molar-refractivity contribution in [1.29, 1.82) is 0 Å². The van der Waals surface area contributed by atoms with Crippen LogP contribution in [-0.4, -0.2) is 76.0 Å². The van der Waals surface area contributed by atoms with E-state index in [2.05, 4.69) is 18.9 Å². The summed E-state index contributed by atoms with van der Waals surface area (Å²) >= 11 is 0. The molecule has 0 aliphatic carbocycles. The molecule has 0 saturated heterocycles. The van der Waals surface area contributed by atoms with Gasteiger partial charge in [0.15, 0.2) is 0 Å². The predicted molar refractivity (Wildman–Crippen MR) is 60.7 cm³/mol. The number of ether oxygens (including phenoxy) is 4. The Balaban J connectivity index is -0.000000256. The van der Waals surface area contributed by atoms with E-state index in [1.165, 1.54) is 14.2 Å². The molecule has 0 aromatic heterocycles. The first-order chi connectivity index (χ1) is 8.54. The molecule has 0 unspecified atom stereocenters. The van der Waals surface area contributed by atoms with E-state index < -0.39 is 11.9 Å². The maximum Gasteiger partial charge on any atom is 0.329 e. The van der Waals surface area contributed by atoms with Crippen molar-refractivity contribution in [2.24, 2.45) is 0 Å². The predicted octanol–water partition coefficient (Wildman–Crippen LogP) is -0.534. The topological polar surface area (TPSA) is 112 Å². The quantitative estimate of drug-likeness (QED) is 0.515. The molecule has 0 spiro atoms. The summed E-state index contributed by atoms with van der Waals surface area (Å²) < 4.78 is 18.4. The molecule has 0 aliphatic heterocycles. The zero-order chi connectivity index (χ0) is 14.2. The minimum atomic E-state index is -0.953. The third-order valence-electron chi connectivity index (χ3n) is 1.31. The monoisotopic (exact) mass is 327 g/mol. The molecule has 0 aliphatic rings. The minimum Gasteiger partial charge on any atom is -0.480 e. The molecule has 0 rings (SSSR count). The summed E-state index contributed by atoms with van der Waals surface area (Å²) in [5, 5.41) is 16.1. The van der Waals surface area contributed by atoms with Gasteiger partial charge in [-0.1, -0.05) is 0 Å². The summed E-state index contributed by atoms with van der Waals surface area (Å²) in [6.07, 6.45) is 0. The number of methoxy groups -OCH3 is 2. The van der Waals surface area contributed by atoms with Crippen LogP contribution in [0, 0.1) is 0 Å². The summed E-state index contributed by atoms with van der Waals surface area (Å²) in [5.41, 5.74) is 0. The SMILES string of the molecule is COCCOCC(=O)O.COCCOCC(=O)O.[Co]. The van der Waals surface area contributed by atoms with Crippen LogP contribution in [0.5, 0.6) is 0 Å². The molecule has 8 nitrogen and oxygen atoms in total. The van der Waals surface area contributed by atoms with Crippen molar-refractivity contribution in [3.8, 4) is 0 Å². The number of rotatable bonds is 10. The van der Waals surface area contributed by atoms with Gasteiger partial charge in [-0.3, -0.25) is 0 Å². The number of hydrogen-bond acceptors (Lipinski definition) is 6. The van der Waals surface area contributed by atoms with Gasteiger partial charge in [0.25, 0.3) is 0 Å². The Morgan fingerprint density at radius 3 is 1.32 bits per heavy atom. The van der Waals surface area contributed by atoms with E-state index in [1.54, 1.807) is 0 Å². The van der Waals surface area contributed by atoms with E-state index in [0.29, 0.717) is 26.4 Å². The standard InChI is InChI=1S/2C5H10O4.Co/c2*1-8-2-3-9-4-5(6)7;/h2*2-4H2,1H3,(H,6,7);. The summed E-state index contributed by atoms with van der Waals surface area (Å²) in [7, 11) is 3.06. The van der Waals surface area contributed by atoms with E-state index >= 15 is 0 Å². The molecule has 9 heteroatoms. The van der Waals surface area contributed by atoms with Gasteiger partial charge in [-0.25, -0.2) is 9.59 Å². The molecule has 0 bridgehead atoms. The van der Waals surface area contributed by atoms with Gasteiger partial charge in [0.2, 0.25) is 0 Å². The van der Waals surface area contributed by atoms with Crippen LogP contribution >= 0.6 is 0 Å². The van der Waals surface area contributed by atoms with Crippen molar-refractivity contribution in [1.82, 2.24) is 0 Å². The van der Waals surface area contributed by atoms with Gasteiger partial charge in [-0.2, -0.15) is 0 Å². The van der Waals surface area contributed by atoms with Gasteiger partial charge in [0.1, 0.15) is 13.2 Å². The van der Waals surface area contributed by atoms with Crippen LogP contribution in [0.1, 0.15) is 0 Å². The molecule has 0 aromatic carbocycles. The molecular formula is C10H20CoO8. The average molecular weight is 327 g/mol. The van der Waals surface area contributed by atoms with E-state index in [4.69, 9.17) is 10.2 Å². The maximum atomic E-state index is 9.80. The van der Waals surface area contributed by atoms with Crippen molar-refractivity contribution in [3.05, 3.63) is 0 Å². The van der Waals surface area contributed by atoms with Crippen molar-refractivity contribution in [3.63, 3.8) is 0 Å². The van der Waals surface area contributed by atoms with Gasteiger partial charge < -0.3 is 29.2 Å². The van der Waals surface area contributed by atoms with Crippen LogP contribution in [0.3, 0.4) is 0 Å². The molecular weight excluding hydrogens is 307 g/mol. The van der Waals surface area contributed by atoms with Crippen molar-refractivity contribution in [2.45, 2.75) is 0 Å². The second-order valence-electron chi connectivity index (χ2n) is 2.88. The Morgan fingerprint density at radius 2 is 1.11 bits per heavy atom. The third kappa shape index (κ3) is 31.7. The Labute approximate surface area is 122 Å². The van der Waals surface area contributed by atoms with Crippen LogP contribution < -0.4 is 0 Å². The van der Waals surface area contributed by atoms with Gasteiger partial charge in [-0.05, 0) is 0 Å². The molecule has 0 saturated carbocycles. The van der Waals surface area contributed by atoms with Crippen molar-refractivity contribution >= 4 is 11.9 Å². The number of aliphatic carboxylic acids is 2. The number of hydrogen-bond donors (Lipinski definition) is 2. The zero-order valence-electron chi connectivity index (χ0n) is 10.9. The van der Waals surface area contributed by atoms with E-state index in [1.807, 2.05) is 0 Å². The first kappa shape index (κ1) is 23.4. The van der Waals surface area contributed by atoms with Crippen LogP contribution in [0.2, 0.25) is 0 Å². The molecule has 0 aromatic rings. The number of carbonyl (C=O) groups is 2. The smallest absolute Gasteiger partial charge is 0.329 e. The summed E-state index contributed by atoms with van der Waals surface area (Å²) in [4.78, 5) is 19.6. The Kier molecular flexibility index (Phi) is 24.2. The fourth-order valence-corrected chi connectivity index (χ4v) is 0.603. The number of carboxylic acid groups (broad SMARTS) is 2. The van der Waals surface area contributed by atoms with E-state index in [-0.39, 0.29) is 30.0 Å². The molecule has 0 fully saturated rings. The zero-order valence-corrected chi connectivity index (χ0v) is 12.0.